The van der Waals surface area contributed by atoms with E-state index in [9.17, 15) is 19.2 Å². The van der Waals surface area contributed by atoms with Gasteiger partial charge >= 0.3 is 17.6 Å². The first kappa shape index (κ1) is 16.5. The van der Waals surface area contributed by atoms with Gasteiger partial charge in [0.05, 0.1) is 0 Å². The van der Waals surface area contributed by atoms with Crippen LogP contribution < -0.4 is 11.2 Å². The van der Waals surface area contributed by atoms with E-state index in [0.29, 0.717) is 6.42 Å². The Bertz CT molecular complexity index is 774. The first-order valence-electron chi connectivity index (χ1n) is 6.90. The number of H-pyrrole nitrogens is 1. The molecule has 9 heteroatoms. The second-order valence-corrected chi connectivity index (χ2v) is 4.79. The standard InChI is InChI=1S/C14H16N2O7/c1-4-9-11(21-7(2)17)12(22-8(3)18)13(23-9)16-6-5-10(19)15-14(16)20/h5-6,12-13H,4H2,1-3H3,(H,15,19,20)/t12?,13-/m1/s1. The molecule has 1 aromatic heterocycles. The fourth-order valence-corrected chi connectivity index (χ4v) is 2.20. The van der Waals surface area contributed by atoms with Gasteiger partial charge in [-0.2, -0.15) is 0 Å². The van der Waals surface area contributed by atoms with Crippen molar-refractivity contribution >= 4 is 11.9 Å². The van der Waals surface area contributed by atoms with Gasteiger partial charge in [-0.15, -0.1) is 0 Å². The van der Waals surface area contributed by atoms with Gasteiger partial charge in [-0.3, -0.25) is 23.9 Å². The number of allylic oxidation sites excluding steroid dienone is 1. The molecule has 1 N–H and O–H groups in total. The van der Waals surface area contributed by atoms with Crippen LogP contribution in [0.5, 0.6) is 0 Å². The molecular weight excluding hydrogens is 308 g/mol. The minimum atomic E-state index is -1.12. The van der Waals surface area contributed by atoms with Gasteiger partial charge in [-0.05, 0) is 0 Å². The third-order valence-electron chi connectivity index (χ3n) is 3.05. The largest absolute Gasteiger partial charge is 0.466 e. The molecule has 0 bridgehead atoms. The summed E-state index contributed by atoms with van der Waals surface area (Å²) in [5, 5.41) is 0. The SMILES string of the molecule is CCC1=C(OC(C)=O)C(OC(C)=O)[C@H](n2ccc(=O)[nH]c2=O)O1. The number of aromatic amines is 1. The number of carbonyl (C=O) groups is 2. The van der Waals surface area contributed by atoms with E-state index in [-0.39, 0.29) is 11.5 Å². The average molecular weight is 324 g/mol. The summed E-state index contributed by atoms with van der Waals surface area (Å²) in [4.78, 5) is 47.8. The van der Waals surface area contributed by atoms with Crippen molar-refractivity contribution in [3.8, 4) is 0 Å². The molecule has 0 saturated heterocycles. The number of esters is 2. The minimum absolute atomic E-state index is 0.0401. The van der Waals surface area contributed by atoms with Crippen molar-refractivity contribution in [1.29, 1.82) is 0 Å². The number of nitrogens with one attached hydrogen (secondary N) is 1. The highest BCUT2D eigenvalue weighted by atomic mass is 16.6. The molecule has 1 aliphatic rings. The van der Waals surface area contributed by atoms with Gasteiger partial charge in [0.2, 0.25) is 12.3 Å². The van der Waals surface area contributed by atoms with Crippen LogP contribution in [-0.2, 0) is 23.8 Å². The third kappa shape index (κ3) is 3.50. The maximum absolute atomic E-state index is 11.9. The van der Waals surface area contributed by atoms with E-state index in [1.807, 2.05) is 0 Å². The van der Waals surface area contributed by atoms with Crippen molar-refractivity contribution in [2.75, 3.05) is 0 Å². The quantitative estimate of drug-likeness (QED) is 0.785. The Kier molecular flexibility index (Phi) is 4.68. The van der Waals surface area contributed by atoms with Crippen LogP contribution in [0, 0.1) is 0 Å². The van der Waals surface area contributed by atoms with Gasteiger partial charge in [0.25, 0.3) is 5.56 Å². The maximum Gasteiger partial charge on any atom is 0.331 e. The van der Waals surface area contributed by atoms with E-state index in [4.69, 9.17) is 14.2 Å². The highest BCUT2D eigenvalue weighted by Crippen LogP contribution is 2.36. The first-order valence-corrected chi connectivity index (χ1v) is 6.90. The molecule has 0 aliphatic carbocycles. The van der Waals surface area contributed by atoms with Crippen LogP contribution in [0.1, 0.15) is 33.4 Å². The maximum atomic E-state index is 11.9. The highest BCUT2D eigenvalue weighted by molar-refractivity contribution is 5.69. The summed E-state index contributed by atoms with van der Waals surface area (Å²) in [7, 11) is 0. The molecule has 2 heterocycles. The van der Waals surface area contributed by atoms with Gasteiger partial charge in [0.15, 0.2) is 5.76 Å². The molecule has 1 aromatic rings. The highest BCUT2D eigenvalue weighted by Gasteiger charge is 2.42. The molecule has 9 nitrogen and oxygen atoms in total. The molecule has 0 radical (unpaired) electrons. The van der Waals surface area contributed by atoms with Gasteiger partial charge in [0, 0.05) is 32.5 Å². The fraction of sp³-hybridized carbons (Fsp3) is 0.429. The molecular formula is C14H16N2O7. The number of nitrogens with zero attached hydrogens (tertiary/aromatic N) is 1. The zero-order chi connectivity index (χ0) is 17.1. The lowest BCUT2D eigenvalue weighted by molar-refractivity contribution is -0.156. The smallest absolute Gasteiger partial charge is 0.331 e. The van der Waals surface area contributed by atoms with Crippen LogP contribution in [0.3, 0.4) is 0 Å². The van der Waals surface area contributed by atoms with Crippen LogP contribution in [0.4, 0.5) is 0 Å². The summed E-state index contributed by atoms with van der Waals surface area (Å²) in [6.07, 6.45) is -0.621. The topological polar surface area (TPSA) is 117 Å². The molecule has 0 fully saturated rings. The van der Waals surface area contributed by atoms with Gasteiger partial charge < -0.3 is 14.2 Å². The average Bonchev–Trinajstić information content (AvgIpc) is 2.76. The third-order valence-corrected chi connectivity index (χ3v) is 3.05. The molecule has 2 atom stereocenters. The number of hydrogen-bond donors (Lipinski definition) is 1. The van der Waals surface area contributed by atoms with Crippen molar-refractivity contribution in [3.05, 3.63) is 44.6 Å². The van der Waals surface area contributed by atoms with E-state index in [2.05, 4.69) is 4.98 Å². The Morgan fingerprint density at radius 1 is 1.30 bits per heavy atom. The Morgan fingerprint density at radius 2 is 2.00 bits per heavy atom. The number of carbonyl (C=O) groups excluding carboxylic acids is 2. The van der Waals surface area contributed by atoms with Crippen LogP contribution in [-0.4, -0.2) is 27.6 Å². The van der Waals surface area contributed by atoms with Crippen LogP contribution in [0.25, 0.3) is 0 Å². The number of aromatic nitrogens is 2. The normalized spacial score (nSPS) is 20.1. The van der Waals surface area contributed by atoms with Gasteiger partial charge in [0.1, 0.15) is 5.76 Å². The van der Waals surface area contributed by atoms with Crippen molar-refractivity contribution in [1.82, 2.24) is 9.55 Å². The van der Waals surface area contributed by atoms with Crippen molar-refractivity contribution in [2.24, 2.45) is 0 Å². The van der Waals surface area contributed by atoms with Crippen LogP contribution in [0.2, 0.25) is 0 Å². The molecule has 2 rings (SSSR count). The zero-order valence-corrected chi connectivity index (χ0v) is 12.8. The molecule has 23 heavy (non-hydrogen) atoms. The molecule has 0 aromatic carbocycles. The summed E-state index contributed by atoms with van der Waals surface area (Å²) in [6, 6.07) is 1.13. The Hall–Kier alpha value is -2.84. The monoisotopic (exact) mass is 324 g/mol. The molecule has 0 amide bonds. The first-order chi connectivity index (χ1) is 10.8. The lowest BCUT2D eigenvalue weighted by Gasteiger charge is -2.21. The molecule has 124 valence electrons. The Balaban J connectivity index is 2.48. The molecule has 1 aliphatic heterocycles. The lowest BCUT2D eigenvalue weighted by Crippen LogP contribution is -2.37. The number of rotatable bonds is 4. The van der Waals surface area contributed by atoms with E-state index in [1.165, 1.54) is 20.0 Å². The van der Waals surface area contributed by atoms with Gasteiger partial charge in [-0.1, -0.05) is 6.92 Å². The second-order valence-electron chi connectivity index (χ2n) is 4.79. The van der Waals surface area contributed by atoms with E-state index < -0.39 is 35.5 Å². The zero-order valence-electron chi connectivity index (χ0n) is 12.8. The summed E-state index contributed by atoms with van der Waals surface area (Å²) in [6.45, 7) is 4.13. The minimum Gasteiger partial charge on any atom is -0.466 e. The van der Waals surface area contributed by atoms with E-state index >= 15 is 0 Å². The summed E-state index contributed by atoms with van der Waals surface area (Å²) >= 11 is 0. The van der Waals surface area contributed by atoms with Crippen LogP contribution >= 0.6 is 0 Å². The predicted molar refractivity (Wildman–Crippen MR) is 76.1 cm³/mol. The van der Waals surface area contributed by atoms with E-state index in [0.717, 1.165) is 10.6 Å². The number of hydrogen-bond acceptors (Lipinski definition) is 7. The molecule has 0 spiro atoms. The summed E-state index contributed by atoms with van der Waals surface area (Å²) < 4.78 is 16.9. The van der Waals surface area contributed by atoms with Crippen molar-refractivity contribution < 1.29 is 23.8 Å². The van der Waals surface area contributed by atoms with E-state index in [1.54, 1.807) is 6.92 Å². The fourth-order valence-electron chi connectivity index (χ4n) is 2.20. The van der Waals surface area contributed by atoms with Crippen molar-refractivity contribution in [2.45, 2.75) is 39.5 Å². The molecule has 1 unspecified atom stereocenters. The second kappa shape index (κ2) is 6.51. The predicted octanol–water partition coefficient (Wildman–Crippen LogP) is 0.182. The summed E-state index contributed by atoms with van der Waals surface area (Å²) in [5.74, 6) is -0.919. The number of ether oxygens (including phenoxy) is 3. The molecule has 0 saturated carbocycles. The summed E-state index contributed by atoms with van der Waals surface area (Å²) in [5.41, 5.74) is -1.31. The van der Waals surface area contributed by atoms with Crippen LogP contribution in [0.15, 0.2) is 33.4 Å². The van der Waals surface area contributed by atoms with Crippen molar-refractivity contribution in [3.63, 3.8) is 0 Å². The van der Waals surface area contributed by atoms with Gasteiger partial charge in [-0.25, -0.2) is 4.79 Å². The Morgan fingerprint density at radius 3 is 2.52 bits per heavy atom. The Labute approximate surface area is 130 Å². The lowest BCUT2D eigenvalue weighted by atomic mass is 10.2.